The van der Waals surface area contributed by atoms with Gasteiger partial charge in [-0.25, -0.2) is 4.98 Å². The van der Waals surface area contributed by atoms with E-state index >= 15 is 0 Å². The molecule has 17 heavy (non-hydrogen) atoms. The minimum atomic E-state index is -0.172. The first-order valence-electron chi connectivity index (χ1n) is 5.63. The van der Waals surface area contributed by atoms with Crippen LogP contribution in [0.4, 0.5) is 5.13 Å². The van der Waals surface area contributed by atoms with Crippen molar-refractivity contribution < 1.29 is 9.53 Å². The van der Waals surface area contributed by atoms with Crippen molar-refractivity contribution in [3.05, 3.63) is 11.1 Å². The second-order valence-electron chi connectivity index (χ2n) is 3.80. The van der Waals surface area contributed by atoms with Gasteiger partial charge in [0, 0.05) is 36.4 Å². The van der Waals surface area contributed by atoms with Crippen molar-refractivity contribution in [2.75, 3.05) is 36.6 Å². The Balaban J connectivity index is 1.88. The molecule has 0 amide bonds. The maximum absolute atomic E-state index is 11.0. The molecule has 4 nitrogen and oxygen atoms in total. The van der Waals surface area contributed by atoms with Crippen LogP contribution in [0.1, 0.15) is 12.1 Å². The molecule has 1 aliphatic heterocycles. The molecule has 0 atom stereocenters. The van der Waals surface area contributed by atoms with E-state index in [4.69, 9.17) is 0 Å². The molecule has 0 N–H and O–H groups in total. The normalized spacial score (nSPS) is 15.9. The van der Waals surface area contributed by atoms with E-state index in [1.807, 2.05) is 17.1 Å². The van der Waals surface area contributed by atoms with E-state index in [1.165, 1.54) is 18.6 Å². The van der Waals surface area contributed by atoms with Crippen molar-refractivity contribution in [1.29, 1.82) is 0 Å². The number of hydrogen-bond acceptors (Lipinski definition) is 6. The highest BCUT2D eigenvalue weighted by Crippen LogP contribution is 2.24. The molecule has 1 fully saturated rings. The van der Waals surface area contributed by atoms with Gasteiger partial charge in [0.25, 0.3) is 0 Å². The van der Waals surface area contributed by atoms with Gasteiger partial charge in [0.1, 0.15) is 0 Å². The van der Waals surface area contributed by atoms with Crippen LogP contribution >= 0.6 is 23.1 Å². The van der Waals surface area contributed by atoms with Gasteiger partial charge in [-0.15, -0.1) is 11.3 Å². The second kappa shape index (κ2) is 6.26. The third-order valence-electron chi connectivity index (χ3n) is 2.63. The molecule has 0 bridgehead atoms. The summed E-state index contributed by atoms with van der Waals surface area (Å²) in [7, 11) is 1.42. The average Bonchev–Trinajstić information content (AvgIpc) is 2.86. The Bertz CT molecular complexity index is 375. The minimum Gasteiger partial charge on any atom is -0.469 e. The molecular formula is C11H16N2O2S2. The van der Waals surface area contributed by atoms with Gasteiger partial charge in [0.05, 0.1) is 19.2 Å². The summed E-state index contributed by atoms with van der Waals surface area (Å²) in [6.45, 7) is 2.16. The van der Waals surface area contributed by atoms with Gasteiger partial charge < -0.3 is 9.64 Å². The number of rotatable bonds is 4. The molecule has 2 heterocycles. The molecule has 1 aliphatic rings. The number of thiazole rings is 1. The fraction of sp³-hybridized carbons (Fsp3) is 0.636. The van der Waals surface area contributed by atoms with Gasteiger partial charge in [-0.2, -0.15) is 11.8 Å². The topological polar surface area (TPSA) is 42.4 Å². The maximum atomic E-state index is 11.0. The van der Waals surface area contributed by atoms with Crippen LogP contribution in [0.15, 0.2) is 5.38 Å². The zero-order chi connectivity index (χ0) is 12.1. The van der Waals surface area contributed by atoms with Crippen LogP contribution in [0.5, 0.6) is 0 Å². The van der Waals surface area contributed by atoms with Crippen molar-refractivity contribution in [2.45, 2.75) is 12.8 Å². The molecular weight excluding hydrogens is 256 g/mol. The largest absolute Gasteiger partial charge is 0.469 e. The number of aromatic nitrogens is 1. The Labute approximate surface area is 109 Å². The van der Waals surface area contributed by atoms with Crippen LogP contribution in [0.25, 0.3) is 0 Å². The van der Waals surface area contributed by atoms with Gasteiger partial charge in [-0.1, -0.05) is 0 Å². The highest BCUT2D eigenvalue weighted by atomic mass is 32.2. The second-order valence-corrected chi connectivity index (χ2v) is 5.86. The summed E-state index contributed by atoms with van der Waals surface area (Å²) >= 11 is 3.66. The Morgan fingerprint density at radius 3 is 3.00 bits per heavy atom. The first-order valence-corrected chi connectivity index (χ1v) is 7.67. The lowest BCUT2D eigenvalue weighted by Crippen LogP contribution is -2.32. The van der Waals surface area contributed by atoms with Crippen LogP contribution in [0, 0.1) is 0 Å². The summed E-state index contributed by atoms with van der Waals surface area (Å²) < 4.78 is 4.62. The predicted molar refractivity (Wildman–Crippen MR) is 72.0 cm³/mol. The number of thioether (sulfide) groups is 1. The van der Waals surface area contributed by atoms with E-state index in [2.05, 4.69) is 14.6 Å². The number of carbonyl (C=O) groups excluding carboxylic acids is 1. The van der Waals surface area contributed by atoms with Crippen molar-refractivity contribution in [3.63, 3.8) is 0 Å². The van der Waals surface area contributed by atoms with Gasteiger partial charge >= 0.3 is 5.97 Å². The summed E-state index contributed by atoms with van der Waals surface area (Å²) in [6, 6.07) is 0. The number of anilines is 1. The molecule has 0 saturated carbocycles. The van der Waals surface area contributed by atoms with Gasteiger partial charge in [-0.3, -0.25) is 4.79 Å². The molecule has 94 valence electrons. The first kappa shape index (κ1) is 12.7. The van der Waals surface area contributed by atoms with E-state index in [0.717, 1.165) is 23.9 Å². The summed E-state index contributed by atoms with van der Waals surface area (Å²) in [5.41, 5.74) is 0.994. The smallest absolute Gasteiger partial charge is 0.305 e. The lowest BCUT2D eigenvalue weighted by Gasteiger charge is -2.25. The van der Waals surface area contributed by atoms with Gasteiger partial charge in [0.15, 0.2) is 5.13 Å². The van der Waals surface area contributed by atoms with Crippen LogP contribution in [-0.4, -0.2) is 42.7 Å². The summed E-state index contributed by atoms with van der Waals surface area (Å²) in [5.74, 6) is 2.18. The van der Waals surface area contributed by atoms with Crippen LogP contribution in [0.2, 0.25) is 0 Å². The molecule has 0 radical (unpaired) electrons. The highest BCUT2D eigenvalue weighted by molar-refractivity contribution is 7.99. The highest BCUT2D eigenvalue weighted by Gasteiger charge is 2.14. The molecule has 0 unspecified atom stereocenters. The van der Waals surface area contributed by atoms with Crippen LogP contribution in [-0.2, 0) is 16.0 Å². The first-order chi connectivity index (χ1) is 8.29. The zero-order valence-corrected chi connectivity index (χ0v) is 11.5. The number of ether oxygens (including phenoxy) is 1. The van der Waals surface area contributed by atoms with Gasteiger partial charge in [0.2, 0.25) is 0 Å². The van der Waals surface area contributed by atoms with Crippen molar-refractivity contribution >= 4 is 34.2 Å². The number of hydrogen-bond donors (Lipinski definition) is 0. The van der Waals surface area contributed by atoms with Crippen molar-refractivity contribution in [2.24, 2.45) is 0 Å². The number of methoxy groups -OCH3 is 1. The van der Waals surface area contributed by atoms with E-state index in [1.54, 1.807) is 11.3 Å². The zero-order valence-electron chi connectivity index (χ0n) is 9.85. The van der Waals surface area contributed by atoms with Crippen LogP contribution < -0.4 is 4.90 Å². The summed E-state index contributed by atoms with van der Waals surface area (Å²) in [6.07, 6.45) is 1.08. The molecule has 6 heteroatoms. The van der Waals surface area contributed by atoms with Gasteiger partial charge in [-0.05, 0) is 0 Å². The fourth-order valence-corrected chi connectivity index (χ4v) is 3.46. The molecule has 2 rings (SSSR count). The van der Waals surface area contributed by atoms with Crippen molar-refractivity contribution in [1.82, 2.24) is 4.98 Å². The third-order valence-corrected chi connectivity index (χ3v) is 4.53. The van der Waals surface area contributed by atoms with E-state index < -0.39 is 0 Å². The number of carbonyl (C=O) groups is 1. The molecule has 0 aliphatic carbocycles. The molecule has 1 saturated heterocycles. The number of esters is 1. The number of nitrogens with zero attached hydrogens (tertiary/aromatic N) is 2. The lowest BCUT2D eigenvalue weighted by molar-refractivity contribution is -0.140. The maximum Gasteiger partial charge on any atom is 0.305 e. The number of aryl methyl sites for hydroxylation is 1. The standard InChI is InChI=1S/C11H16N2O2S2/c1-15-10(14)3-2-9-8-17-11(12-9)13-4-6-16-7-5-13/h8H,2-7H2,1H3. The lowest BCUT2D eigenvalue weighted by atomic mass is 10.2. The molecule has 1 aromatic rings. The Hall–Kier alpha value is -0.750. The Kier molecular flexibility index (Phi) is 4.67. The summed E-state index contributed by atoms with van der Waals surface area (Å²) in [5, 5.41) is 3.13. The molecule has 1 aromatic heterocycles. The Morgan fingerprint density at radius 1 is 1.53 bits per heavy atom. The summed E-state index contributed by atoms with van der Waals surface area (Å²) in [4.78, 5) is 17.9. The van der Waals surface area contributed by atoms with Crippen molar-refractivity contribution in [3.8, 4) is 0 Å². The SMILES string of the molecule is COC(=O)CCc1csc(N2CCSCC2)n1. The molecule has 0 aromatic carbocycles. The van der Waals surface area contributed by atoms with E-state index in [0.29, 0.717) is 12.8 Å². The average molecular weight is 272 g/mol. The third kappa shape index (κ3) is 3.61. The predicted octanol–water partition coefficient (Wildman–Crippen LogP) is 1.80. The quantitative estimate of drug-likeness (QED) is 0.782. The van der Waals surface area contributed by atoms with E-state index in [9.17, 15) is 4.79 Å². The minimum absolute atomic E-state index is 0.172. The van der Waals surface area contributed by atoms with E-state index in [-0.39, 0.29) is 5.97 Å². The molecule has 0 spiro atoms. The fourth-order valence-electron chi connectivity index (χ4n) is 1.64. The monoisotopic (exact) mass is 272 g/mol. The Morgan fingerprint density at radius 2 is 2.29 bits per heavy atom. The van der Waals surface area contributed by atoms with Crippen LogP contribution in [0.3, 0.4) is 0 Å².